The highest BCUT2D eigenvalue weighted by Crippen LogP contribution is 2.21. The molecule has 1 aromatic carbocycles. The molecule has 2 rings (SSSR count). The molecule has 2 aromatic rings. The summed E-state index contributed by atoms with van der Waals surface area (Å²) in [6.45, 7) is 4.08. The number of rotatable bonds is 2. The maximum Gasteiger partial charge on any atom is 0.123 e. The van der Waals surface area contributed by atoms with Crippen molar-refractivity contribution < 1.29 is 4.39 Å². The lowest BCUT2D eigenvalue weighted by Gasteiger charge is -2.05. The van der Waals surface area contributed by atoms with Crippen LogP contribution in [0.4, 0.5) is 4.39 Å². The molecule has 0 nitrogen and oxygen atoms in total. The predicted octanol–water partition coefficient (Wildman–Crippen LogP) is 4.09. The molecule has 0 spiro atoms. The number of aryl methyl sites for hydroxylation is 2. The molecule has 0 bridgehead atoms. The molecule has 0 saturated heterocycles. The second kappa shape index (κ2) is 4.15. The fourth-order valence-corrected chi connectivity index (χ4v) is 2.55. The smallest absolute Gasteiger partial charge is 0.123 e. The van der Waals surface area contributed by atoms with E-state index in [-0.39, 0.29) is 5.82 Å². The minimum Gasteiger partial charge on any atom is -0.207 e. The van der Waals surface area contributed by atoms with E-state index in [9.17, 15) is 4.39 Å². The van der Waals surface area contributed by atoms with Gasteiger partial charge >= 0.3 is 0 Å². The average Bonchev–Trinajstić information content (AvgIpc) is 2.57. The lowest BCUT2D eigenvalue weighted by molar-refractivity contribution is 0.626. The van der Waals surface area contributed by atoms with Gasteiger partial charge in [-0.1, -0.05) is 6.07 Å². The zero-order chi connectivity index (χ0) is 10.8. The summed E-state index contributed by atoms with van der Waals surface area (Å²) >= 11 is 1.76. The van der Waals surface area contributed by atoms with Gasteiger partial charge in [-0.3, -0.25) is 0 Å². The van der Waals surface area contributed by atoms with E-state index in [0.717, 1.165) is 12.0 Å². The van der Waals surface area contributed by atoms with Gasteiger partial charge in [0.2, 0.25) is 0 Å². The highest BCUT2D eigenvalue weighted by atomic mass is 32.1. The quantitative estimate of drug-likeness (QED) is 0.715. The molecule has 0 radical (unpaired) electrons. The lowest BCUT2D eigenvalue weighted by atomic mass is 10.0. The summed E-state index contributed by atoms with van der Waals surface area (Å²) in [5.74, 6) is -0.154. The third kappa shape index (κ3) is 2.26. The molecule has 0 fully saturated rings. The molecule has 0 N–H and O–H groups in total. The summed E-state index contributed by atoms with van der Waals surface area (Å²) < 4.78 is 12.9. The Hall–Kier alpha value is -1.15. The van der Waals surface area contributed by atoms with Crippen molar-refractivity contribution in [1.29, 1.82) is 0 Å². The first-order valence-electron chi connectivity index (χ1n) is 4.95. The molecule has 0 unspecified atom stereocenters. The van der Waals surface area contributed by atoms with Crippen LogP contribution in [0.1, 0.15) is 21.6 Å². The summed E-state index contributed by atoms with van der Waals surface area (Å²) in [6.07, 6.45) is 0.912. The molecule has 1 aromatic heterocycles. The van der Waals surface area contributed by atoms with E-state index in [2.05, 4.69) is 18.4 Å². The number of benzene rings is 1. The van der Waals surface area contributed by atoms with Gasteiger partial charge in [0.15, 0.2) is 0 Å². The van der Waals surface area contributed by atoms with Crippen molar-refractivity contribution in [2.45, 2.75) is 20.3 Å². The van der Waals surface area contributed by atoms with Gasteiger partial charge in [0, 0.05) is 11.3 Å². The van der Waals surface area contributed by atoms with Gasteiger partial charge in [0.25, 0.3) is 0 Å². The van der Waals surface area contributed by atoms with Crippen LogP contribution in [0.5, 0.6) is 0 Å². The maximum absolute atomic E-state index is 12.9. The van der Waals surface area contributed by atoms with Crippen LogP contribution in [0, 0.1) is 19.7 Å². The normalized spacial score (nSPS) is 10.6. The largest absolute Gasteiger partial charge is 0.207 e. The first-order valence-corrected chi connectivity index (χ1v) is 5.83. The van der Waals surface area contributed by atoms with Crippen molar-refractivity contribution in [3.05, 3.63) is 57.0 Å². The summed E-state index contributed by atoms with van der Waals surface area (Å²) in [6, 6.07) is 7.13. The lowest BCUT2D eigenvalue weighted by Crippen LogP contribution is -1.91. The van der Waals surface area contributed by atoms with E-state index in [4.69, 9.17) is 0 Å². The predicted molar refractivity (Wildman–Crippen MR) is 63.0 cm³/mol. The van der Waals surface area contributed by atoms with Crippen molar-refractivity contribution in [1.82, 2.24) is 0 Å². The molecule has 78 valence electrons. The second-order valence-electron chi connectivity index (χ2n) is 3.77. The van der Waals surface area contributed by atoms with Gasteiger partial charge in [0.1, 0.15) is 5.82 Å². The van der Waals surface area contributed by atoms with Crippen LogP contribution in [0.15, 0.2) is 29.6 Å². The van der Waals surface area contributed by atoms with Crippen molar-refractivity contribution in [2.24, 2.45) is 0 Å². The Morgan fingerprint density at radius 3 is 2.53 bits per heavy atom. The average molecular weight is 220 g/mol. The summed E-state index contributed by atoms with van der Waals surface area (Å²) in [4.78, 5) is 1.37. The first kappa shape index (κ1) is 10.4. The van der Waals surface area contributed by atoms with Crippen molar-refractivity contribution >= 4 is 11.3 Å². The van der Waals surface area contributed by atoms with E-state index in [1.165, 1.54) is 22.1 Å². The first-order chi connectivity index (χ1) is 7.16. The summed E-state index contributed by atoms with van der Waals surface area (Å²) in [5, 5.41) is 2.10. The Labute approximate surface area is 93.4 Å². The number of thiophene rings is 1. The van der Waals surface area contributed by atoms with Crippen molar-refractivity contribution in [2.75, 3.05) is 0 Å². The second-order valence-corrected chi connectivity index (χ2v) is 4.78. The van der Waals surface area contributed by atoms with E-state index in [0.29, 0.717) is 0 Å². The summed E-state index contributed by atoms with van der Waals surface area (Å²) in [5.41, 5.74) is 3.56. The van der Waals surface area contributed by atoms with E-state index in [1.54, 1.807) is 17.4 Å². The molecule has 1 heterocycles. The van der Waals surface area contributed by atoms with Gasteiger partial charge in [-0.05, 0) is 54.1 Å². The minimum atomic E-state index is -0.154. The van der Waals surface area contributed by atoms with Crippen molar-refractivity contribution in [3.8, 4) is 0 Å². The Balaban J connectivity index is 2.29. The Morgan fingerprint density at radius 2 is 1.93 bits per heavy atom. The van der Waals surface area contributed by atoms with Gasteiger partial charge in [-0.25, -0.2) is 4.39 Å². The van der Waals surface area contributed by atoms with Crippen LogP contribution >= 0.6 is 11.3 Å². The van der Waals surface area contributed by atoms with Crippen molar-refractivity contribution in [3.63, 3.8) is 0 Å². The van der Waals surface area contributed by atoms with Crippen LogP contribution in [-0.4, -0.2) is 0 Å². The van der Waals surface area contributed by atoms with Crippen LogP contribution in [0.3, 0.4) is 0 Å². The van der Waals surface area contributed by atoms with Crippen LogP contribution in [0.25, 0.3) is 0 Å². The zero-order valence-corrected chi connectivity index (χ0v) is 9.70. The van der Waals surface area contributed by atoms with Gasteiger partial charge < -0.3 is 0 Å². The van der Waals surface area contributed by atoms with Crippen LogP contribution in [-0.2, 0) is 6.42 Å². The molecule has 0 aliphatic heterocycles. The molecular weight excluding hydrogens is 207 g/mol. The highest BCUT2D eigenvalue weighted by Gasteiger charge is 2.04. The standard InChI is InChI=1S/C13H13FS/c1-9-5-6-15-13(9)8-11-3-4-12(14)7-10(11)2/h3-7H,8H2,1-2H3. The van der Waals surface area contributed by atoms with Gasteiger partial charge in [-0.15, -0.1) is 11.3 Å². The fraction of sp³-hybridized carbons (Fsp3) is 0.231. The monoisotopic (exact) mass is 220 g/mol. The van der Waals surface area contributed by atoms with Gasteiger partial charge in [-0.2, -0.15) is 0 Å². The molecule has 0 aliphatic rings. The third-order valence-electron chi connectivity index (χ3n) is 2.62. The number of hydrogen-bond donors (Lipinski definition) is 0. The number of hydrogen-bond acceptors (Lipinski definition) is 1. The zero-order valence-electron chi connectivity index (χ0n) is 8.88. The molecule has 2 heteroatoms. The molecule has 0 saturated carbocycles. The molecule has 0 atom stereocenters. The van der Waals surface area contributed by atoms with Gasteiger partial charge in [0.05, 0.1) is 0 Å². The fourth-order valence-electron chi connectivity index (χ4n) is 1.62. The Kier molecular flexibility index (Phi) is 2.87. The summed E-state index contributed by atoms with van der Waals surface area (Å²) in [7, 11) is 0. The van der Waals surface area contributed by atoms with Crippen LogP contribution < -0.4 is 0 Å². The Bertz CT molecular complexity index is 471. The minimum absolute atomic E-state index is 0.154. The van der Waals surface area contributed by atoms with E-state index < -0.39 is 0 Å². The van der Waals surface area contributed by atoms with E-state index >= 15 is 0 Å². The number of halogens is 1. The highest BCUT2D eigenvalue weighted by molar-refractivity contribution is 7.10. The topological polar surface area (TPSA) is 0 Å². The third-order valence-corrected chi connectivity index (χ3v) is 3.65. The molecular formula is C13H13FS. The van der Waals surface area contributed by atoms with Crippen LogP contribution in [0.2, 0.25) is 0 Å². The molecule has 0 amide bonds. The molecule has 15 heavy (non-hydrogen) atoms. The Morgan fingerprint density at radius 1 is 1.13 bits per heavy atom. The SMILES string of the molecule is Cc1cc(F)ccc1Cc1sccc1C. The maximum atomic E-state index is 12.9. The molecule has 0 aliphatic carbocycles. The van der Waals surface area contributed by atoms with E-state index in [1.807, 2.05) is 13.0 Å².